The Balaban J connectivity index is 3.01. The standard InChI is InChI=1S/C16H19ClN2O4/c1-5-7-19(8-6-2)16(21)15(20)18-12-10-13(22-3)11(17)9-14(12)23-4/h5-6,9-10H,1-2,7-8H2,3-4H3,(H,18,20). The Hall–Kier alpha value is -2.47. The van der Waals surface area contributed by atoms with Gasteiger partial charge < -0.3 is 19.7 Å². The van der Waals surface area contributed by atoms with E-state index in [1.54, 1.807) is 0 Å². The van der Waals surface area contributed by atoms with Crippen molar-refractivity contribution in [3.8, 4) is 11.5 Å². The average Bonchev–Trinajstić information content (AvgIpc) is 2.54. The fourth-order valence-corrected chi connectivity index (χ4v) is 2.06. The molecule has 0 spiro atoms. The van der Waals surface area contributed by atoms with Gasteiger partial charge in [0.15, 0.2) is 0 Å². The van der Waals surface area contributed by atoms with Gasteiger partial charge in [-0.25, -0.2) is 0 Å². The Morgan fingerprint density at radius 2 is 1.74 bits per heavy atom. The summed E-state index contributed by atoms with van der Waals surface area (Å²) in [6.45, 7) is 7.59. The highest BCUT2D eigenvalue weighted by molar-refractivity contribution is 6.40. The Morgan fingerprint density at radius 3 is 2.22 bits per heavy atom. The zero-order chi connectivity index (χ0) is 17.4. The summed E-state index contributed by atoms with van der Waals surface area (Å²) in [6.07, 6.45) is 3.06. The molecule has 0 saturated carbocycles. The highest BCUT2D eigenvalue weighted by Crippen LogP contribution is 2.35. The summed E-state index contributed by atoms with van der Waals surface area (Å²) in [6, 6.07) is 2.98. The maximum absolute atomic E-state index is 12.2. The molecule has 0 atom stereocenters. The van der Waals surface area contributed by atoms with Crippen LogP contribution in [0.3, 0.4) is 0 Å². The third-order valence-electron chi connectivity index (χ3n) is 2.90. The van der Waals surface area contributed by atoms with E-state index in [-0.39, 0.29) is 18.8 Å². The zero-order valence-corrected chi connectivity index (χ0v) is 13.9. The fraction of sp³-hybridized carbons (Fsp3) is 0.250. The van der Waals surface area contributed by atoms with Crippen molar-refractivity contribution < 1.29 is 19.1 Å². The van der Waals surface area contributed by atoms with Gasteiger partial charge in [-0.1, -0.05) is 23.8 Å². The molecule has 124 valence electrons. The van der Waals surface area contributed by atoms with E-state index in [4.69, 9.17) is 21.1 Å². The predicted molar refractivity (Wildman–Crippen MR) is 90.2 cm³/mol. The van der Waals surface area contributed by atoms with Gasteiger partial charge in [0, 0.05) is 25.2 Å². The van der Waals surface area contributed by atoms with Crippen LogP contribution >= 0.6 is 11.6 Å². The van der Waals surface area contributed by atoms with Crippen LogP contribution in [0, 0.1) is 0 Å². The smallest absolute Gasteiger partial charge is 0.314 e. The van der Waals surface area contributed by atoms with Gasteiger partial charge >= 0.3 is 11.8 Å². The second kappa shape index (κ2) is 8.85. The Bertz CT molecular complexity index is 606. The van der Waals surface area contributed by atoms with E-state index in [0.29, 0.717) is 16.5 Å². The van der Waals surface area contributed by atoms with Crippen LogP contribution in [0.5, 0.6) is 11.5 Å². The maximum Gasteiger partial charge on any atom is 0.314 e. The minimum absolute atomic E-state index is 0.235. The van der Waals surface area contributed by atoms with Gasteiger partial charge in [-0.3, -0.25) is 9.59 Å². The number of methoxy groups -OCH3 is 2. The number of halogens is 1. The van der Waals surface area contributed by atoms with E-state index >= 15 is 0 Å². The molecule has 1 rings (SSSR count). The summed E-state index contributed by atoms with van der Waals surface area (Å²) in [4.78, 5) is 25.6. The lowest BCUT2D eigenvalue weighted by Crippen LogP contribution is -2.39. The molecular formula is C16H19ClN2O4. The van der Waals surface area contributed by atoms with Gasteiger partial charge in [-0.2, -0.15) is 0 Å². The van der Waals surface area contributed by atoms with Crippen molar-refractivity contribution in [1.29, 1.82) is 0 Å². The first-order valence-electron chi connectivity index (χ1n) is 6.72. The van der Waals surface area contributed by atoms with Crippen LogP contribution in [0.25, 0.3) is 0 Å². The van der Waals surface area contributed by atoms with Crippen molar-refractivity contribution in [2.75, 3.05) is 32.6 Å². The number of rotatable bonds is 7. The van der Waals surface area contributed by atoms with Gasteiger partial charge in [-0.05, 0) is 0 Å². The van der Waals surface area contributed by atoms with E-state index in [2.05, 4.69) is 18.5 Å². The van der Waals surface area contributed by atoms with E-state index in [1.165, 1.54) is 43.4 Å². The third-order valence-corrected chi connectivity index (χ3v) is 3.20. The van der Waals surface area contributed by atoms with Gasteiger partial charge in [0.2, 0.25) is 0 Å². The number of carbonyl (C=O) groups is 2. The molecule has 1 aromatic carbocycles. The monoisotopic (exact) mass is 338 g/mol. The van der Waals surface area contributed by atoms with Gasteiger partial charge in [-0.15, -0.1) is 13.2 Å². The number of ether oxygens (including phenoxy) is 2. The van der Waals surface area contributed by atoms with Crippen LogP contribution in [0.1, 0.15) is 0 Å². The molecular weight excluding hydrogens is 320 g/mol. The van der Waals surface area contributed by atoms with Gasteiger partial charge in [0.05, 0.1) is 24.9 Å². The van der Waals surface area contributed by atoms with Crippen molar-refractivity contribution in [1.82, 2.24) is 4.90 Å². The third kappa shape index (κ3) is 4.75. The number of benzene rings is 1. The second-order valence-corrected chi connectivity index (χ2v) is 4.84. The summed E-state index contributed by atoms with van der Waals surface area (Å²) in [5.41, 5.74) is 0.282. The van der Waals surface area contributed by atoms with E-state index < -0.39 is 11.8 Å². The molecule has 1 N–H and O–H groups in total. The maximum atomic E-state index is 12.2. The average molecular weight is 339 g/mol. The highest BCUT2D eigenvalue weighted by atomic mass is 35.5. The fourth-order valence-electron chi connectivity index (χ4n) is 1.83. The molecule has 0 aliphatic rings. The van der Waals surface area contributed by atoms with Crippen LogP contribution in [-0.4, -0.2) is 44.0 Å². The summed E-state index contributed by atoms with van der Waals surface area (Å²) in [5.74, 6) is -0.850. The summed E-state index contributed by atoms with van der Waals surface area (Å²) in [7, 11) is 2.87. The van der Waals surface area contributed by atoms with Gasteiger partial charge in [0.25, 0.3) is 0 Å². The molecule has 0 radical (unpaired) electrons. The predicted octanol–water partition coefficient (Wildman–Crippen LogP) is 2.50. The number of carbonyl (C=O) groups excluding carboxylic acids is 2. The number of hydrogen-bond acceptors (Lipinski definition) is 4. The molecule has 6 nitrogen and oxygen atoms in total. The first kappa shape index (κ1) is 18.6. The highest BCUT2D eigenvalue weighted by Gasteiger charge is 2.22. The van der Waals surface area contributed by atoms with Crippen LogP contribution in [0.4, 0.5) is 5.69 Å². The quantitative estimate of drug-likeness (QED) is 0.612. The SMILES string of the molecule is C=CCN(CC=C)C(=O)C(=O)Nc1cc(OC)c(Cl)cc1OC. The molecule has 0 unspecified atom stereocenters. The molecule has 0 fully saturated rings. The second-order valence-electron chi connectivity index (χ2n) is 4.43. The van der Waals surface area contributed by atoms with E-state index in [1.807, 2.05) is 0 Å². The molecule has 0 aromatic heterocycles. The van der Waals surface area contributed by atoms with Crippen LogP contribution < -0.4 is 14.8 Å². The van der Waals surface area contributed by atoms with Crippen LogP contribution in [0.15, 0.2) is 37.4 Å². The van der Waals surface area contributed by atoms with E-state index in [9.17, 15) is 9.59 Å². The Morgan fingerprint density at radius 1 is 1.17 bits per heavy atom. The number of amides is 2. The van der Waals surface area contributed by atoms with Crippen molar-refractivity contribution >= 4 is 29.1 Å². The van der Waals surface area contributed by atoms with Crippen molar-refractivity contribution in [2.24, 2.45) is 0 Å². The summed E-state index contributed by atoms with van der Waals surface area (Å²) >= 11 is 6.00. The summed E-state index contributed by atoms with van der Waals surface area (Å²) in [5, 5.41) is 2.83. The number of hydrogen-bond donors (Lipinski definition) is 1. The first-order valence-corrected chi connectivity index (χ1v) is 7.09. The summed E-state index contributed by atoms with van der Waals surface area (Å²) < 4.78 is 10.2. The molecule has 7 heteroatoms. The van der Waals surface area contributed by atoms with Crippen molar-refractivity contribution in [2.45, 2.75) is 0 Å². The van der Waals surface area contributed by atoms with Crippen molar-refractivity contribution in [3.05, 3.63) is 42.5 Å². The Kier molecular flexibility index (Phi) is 7.15. The lowest BCUT2D eigenvalue weighted by molar-refractivity contribution is -0.142. The number of anilines is 1. The number of nitrogens with zero attached hydrogens (tertiary/aromatic N) is 1. The van der Waals surface area contributed by atoms with Crippen LogP contribution in [0.2, 0.25) is 5.02 Å². The minimum atomic E-state index is -0.809. The molecule has 23 heavy (non-hydrogen) atoms. The molecule has 0 aliphatic heterocycles. The number of nitrogens with one attached hydrogen (secondary N) is 1. The first-order chi connectivity index (χ1) is 11.0. The lowest BCUT2D eigenvalue weighted by Gasteiger charge is -2.19. The molecule has 0 heterocycles. The molecule has 0 aliphatic carbocycles. The van der Waals surface area contributed by atoms with Gasteiger partial charge in [0.1, 0.15) is 11.5 Å². The molecule has 0 saturated heterocycles. The molecule has 2 amide bonds. The largest absolute Gasteiger partial charge is 0.495 e. The molecule has 1 aromatic rings. The minimum Gasteiger partial charge on any atom is -0.495 e. The zero-order valence-electron chi connectivity index (χ0n) is 13.1. The van der Waals surface area contributed by atoms with Crippen LogP contribution in [-0.2, 0) is 9.59 Å². The van der Waals surface area contributed by atoms with Crippen molar-refractivity contribution in [3.63, 3.8) is 0 Å². The topological polar surface area (TPSA) is 67.9 Å². The van der Waals surface area contributed by atoms with E-state index in [0.717, 1.165) is 0 Å². The normalized spacial score (nSPS) is 9.70. The lowest BCUT2D eigenvalue weighted by atomic mass is 10.2. The molecule has 0 bridgehead atoms. The Labute approximate surface area is 140 Å².